The van der Waals surface area contributed by atoms with Gasteiger partial charge in [-0.3, -0.25) is 4.79 Å². The molecule has 0 atom stereocenters. The molecule has 0 aromatic carbocycles. The lowest BCUT2D eigenvalue weighted by atomic mass is 9.88. The Morgan fingerprint density at radius 3 is 2.77 bits per heavy atom. The van der Waals surface area contributed by atoms with E-state index in [-0.39, 0.29) is 11.3 Å². The molecule has 1 aliphatic heterocycles. The lowest BCUT2D eigenvalue weighted by Crippen LogP contribution is -2.36. The number of nitrogens with zero attached hydrogens (tertiary/aromatic N) is 1. The fourth-order valence-corrected chi connectivity index (χ4v) is 1.85. The van der Waals surface area contributed by atoms with Crippen LogP contribution in [-0.4, -0.2) is 23.9 Å². The highest BCUT2D eigenvalue weighted by atomic mass is 16.2. The van der Waals surface area contributed by atoms with E-state index in [2.05, 4.69) is 19.8 Å². The Bertz CT molecular complexity index is 237. The summed E-state index contributed by atoms with van der Waals surface area (Å²) in [7, 11) is 0. The summed E-state index contributed by atoms with van der Waals surface area (Å²) >= 11 is 0. The van der Waals surface area contributed by atoms with Crippen molar-refractivity contribution in [1.29, 1.82) is 0 Å². The van der Waals surface area contributed by atoms with Crippen molar-refractivity contribution in [2.24, 2.45) is 5.41 Å². The number of hydrogen-bond donors (Lipinski definition) is 0. The third-order valence-corrected chi connectivity index (χ3v) is 2.56. The van der Waals surface area contributed by atoms with E-state index in [1.807, 2.05) is 0 Å². The molecule has 13 heavy (non-hydrogen) atoms. The summed E-state index contributed by atoms with van der Waals surface area (Å²) in [6.45, 7) is 6.01. The van der Waals surface area contributed by atoms with E-state index in [0.29, 0.717) is 0 Å². The Morgan fingerprint density at radius 1 is 1.46 bits per heavy atom. The van der Waals surface area contributed by atoms with E-state index >= 15 is 0 Å². The summed E-state index contributed by atoms with van der Waals surface area (Å²) in [4.78, 5) is 13.1. The molecule has 0 spiro atoms. The lowest BCUT2D eigenvalue weighted by Gasteiger charge is -2.28. The third-order valence-electron chi connectivity index (χ3n) is 2.56. The highest BCUT2D eigenvalue weighted by molar-refractivity contribution is 5.92. The van der Waals surface area contributed by atoms with Gasteiger partial charge in [-0.05, 0) is 24.2 Å². The number of terminal acetylenes is 1. The van der Waals surface area contributed by atoms with E-state index in [1.54, 1.807) is 4.90 Å². The molecule has 0 bridgehead atoms. The molecule has 2 nitrogen and oxygen atoms in total. The fraction of sp³-hybridized carbons (Fsp3) is 0.727. The molecule has 1 fully saturated rings. The predicted molar refractivity (Wildman–Crippen MR) is 53.0 cm³/mol. The number of hydrogen-bond acceptors (Lipinski definition) is 1. The molecule has 1 heterocycles. The second-order valence-electron chi connectivity index (χ2n) is 4.49. The maximum absolute atomic E-state index is 11.3. The molecule has 0 radical (unpaired) electrons. The molecule has 0 saturated carbocycles. The number of rotatable bonds is 0. The fourth-order valence-electron chi connectivity index (χ4n) is 1.85. The Hall–Kier alpha value is -0.970. The van der Waals surface area contributed by atoms with Crippen molar-refractivity contribution >= 4 is 5.91 Å². The van der Waals surface area contributed by atoms with Crippen LogP contribution in [0.3, 0.4) is 0 Å². The van der Waals surface area contributed by atoms with Gasteiger partial charge in [-0.1, -0.05) is 20.3 Å². The van der Waals surface area contributed by atoms with Crippen molar-refractivity contribution in [3.63, 3.8) is 0 Å². The van der Waals surface area contributed by atoms with Crippen molar-refractivity contribution in [2.75, 3.05) is 13.1 Å². The standard InChI is InChI=1S/C11H17NO/c1-4-10(13)12-8-6-5-7-11(2,3)9-12/h1H,5-9H2,2-3H3. The lowest BCUT2D eigenvalue weighted by molar-refractivity contribution is -0.126. The Morgan fingerprint density at radius 2 is 2.15 bits per heavy atom. The molecule has 1 saturated heterocycles. The monoisotopic (exact) mass is 179 g/mol. The van der Waals surface area contributed by atoms with Gasteiger partial charge in [0.25, 0.3) is 5.91 Å². The molecule has 1 rings (SSSR count). The second kappa shape index (κ2) is 3.83. The molecular weight excluding hydrogens is 162 g/mol. The second-order valence-corrected chi connectivity index (χ2v) is 4.49. The van der Waals surface area contributed by atoms with E-state index in [1.165, 1.54) is 12.8 Å². The Balaban J connectivity index is 2.66. The zero-order chi connectivity index (χ0) is 9.90. The van der Waals surface area contributed by atoms with Crippen LogP contribution >= 0.6 is 0 Å². The summed E-state index contributed by atoms with van der Waals surface area (Å²) in [5, 5.41) is 0. The van der Waals surface area contributed by atoms with Crippen LogP contribution in [0.15, 0.2) is 0 Å². The first-order valence-corrected chi connectivity index (χ1v) is 4.81. The van der Waals surface area contributed by atoms with Crippen LogP contribution in [0.25, 0.3) is 0 Å². The maximum atomic E-state index is 11.3. The van der Waals surface area contributed by atoms with Crippen LogP contribution in [0.2, 0.25) is 0 Å². The molecule has 2 heteroatoms. The quantitative estimate of drug-likeness (QED) is 0.518. The van der Waals surface area contributed by atoms with E-state index in [4.69, 9.17) is 6.42 Å². The van der Waals surface area contributed by atoms with Crippen molar-refractivity contribution < 1.29 is 4.79 Å². The van der Waals surface area contributed by atoms with Gasteiger partial charge < -0.3 is 4.90 Å². The minimum Gasteiger partial charge on any atom is -0.331 e. The number of amides is 1. The van der Waals surface area contributed by atoms with Crippen LogP contribution in [0.5, 0.6) is 0 Å². The summed E-state index contributed by atoms with van der Waals surface area (Å²) in [6, 6.07) is 0. The van der Waals surface area contributed by atoms with Crippen molar-refractivity contribution in [3.05, 3.63) is 0 Å². The molecule has 0 aromatic heterocycles. The summed E-state index contributed by atoms with van der Waals surface area (Å²) in [5.74, 6) is 2.03. The molecule has 0 aliphatic carbocycles. The summed E-state index contributed by atoms with van der Waals surface area (Å²) in [5.41, 5.74) is 0.225. The van der Waals surface area contributed by atoms with E-state index in [0.717, 1.165) is 19.5 Å². The van der Waals surface area contributed by atoms with Crippen molar-refractivity contribution in [3.8, 4) is 12.3 Å². The first kappa shape index (κ1) is 10.1. The smallest absolute Gasteiger partial charge is 0.298 e. The normalized spacial score (nSPS) is 21.8. The minimum absolute atomic E-state index is 0.157. The Kier molecular flexibility index (Phi) is 2.98. The third kappa shape index (κ3) is 2.77. The zero-order valence-electron chi connectivity index (χ0n) is 8.47. The van der Waals surface area contributed by atoms with Gasteiger partial charge in [0.05, 0.1) is 0 Å². The number of carbonyl (C=O) groups excluding carboxylic acids is 1. The zero-order valence-corrected chi connectivity index (χ0v) is 8.47. The Labute approximate surface area is 80.3 Å². The molecule has 1 aliphatic rings. The van der Waals surface area contributed by atoms with Gasteiger partial charge in [0.1, 0.15) is 0 Å². The van der Waals surface area contributed by atoms with Crippen molar-refractivity contribution in [1.82, 2.24) is 4.90 Å². The molecular formula is C11H17NO. The van der Waals surface area contributed by atoms with Crippen LogP contribution in [0.4, 0.5) is 0 Å². The summed E-state index contributed by atoms with van der Waals surface area (Å²) in [6.07, 6.45) is 8.56. The SMILES string of the molecule is C#CC(=O)N1CCCCC(C)(C)C1. The van der Waals surface area contributed by atoms with Crippen molar-refractivity contribution in [2.45, 2.75) is 33.1 Å². The maximum Gasteiger partial charge on any atom is 0.298 e. The minimum atomic E-state index is -0.157. The highest BCUT2D eigenvalue weighted by Gasteiger charge is 2.26. The average Bonchev–Trinajstić information content (AvgIpc) is 2.25. The first-order chi connectivity index (χ1) is 6.05. The van der Waals surface area contributed by atoms with Gasteiger partial charge in [0.2, 0.25) is 0 Å². The van der Waals surface area contributed by atoms with Crippen LogP contribution in [0.1, 0.15) is 33.1 Å². The van der Waals surface area contributed by atoms with Gasteiger partial charge in [-0.25, -0.2) is 0 Å². The van der Waals surface area contributed by atoms with Gasteiger partial charge in [-0.2, -0.15) is 0 Å². The van der Waals surface area contributed by atoms with Crippen LogP contribution < -0.4 is 0 Å². The van der Waals surface area contributed by atoms with Gasteiger partial charge in [0.15, 0.2) is 0 Å². The first-order valence-electron chi connectivity index (χ1n) is 4.81. The molecule has 0 N–H and O–H groups in total. The molecule has 0 aromatic rings. The number of likely N-dealkylation sites (tertiary alicyclic amines) is 1. The topological polar surface area (TPSA) is 20.3 Å². The molecule has 1 amide bonds. The highest BCUT2D eigenvalue weighted by Crippen LogP contribution is 2.27. The van der Waals surface area contributed by atoms with Gasteiger partial charge >= 0.3 is 0 Å². The molecule has 72 valence electrons. The largest absolute Gasteiger partial charge is 0.331 e. The molecule has 0 unspecified atom stereocenters. The predicted octanol–water partition coefficient (Wildman–Crippen LogP) is 1.66. The summed E-state index contributed by atoms with van der Waals surface area (Å²) < 4.78 is 0. The van der Waals surface area contributed by atoms with E-state index < -0.39 is 0 Å². The van der Waals surface area contributed by atoms with Crippen LogP contribution in [-0.2, 0) is 4.79 Å². The van der Waals surface area contributed by atoms with E-state index in [9.17, 15) is 4.79 Å². The van der Waals surface area contributed by atoms with Gasteiger partial charge in [0, 0.05) is 13.1 Å². The number of carbonyl (C=O) groups is 1. The van der Waals surface area contributed by atoms with Crippen LogP contribution in [0, 0.1) is 17.8 Å². The van der Waals surface area contributed by atoms with Gasteiger partial charge in [-0.15, -0.1) is 6.42 Å². The average molecular weight is 179 g/mol.